The maximum Gasteiger partial charge on any atom is 0.160 e. The van der Waals surface area contributed by atoms with Crippen molar-refractivity contribution in [2.75, 3.05) is 0 Å². The van der Waals surface area contributed by atoms with Gasteiger partial charge in [0.2, 0.25) is 0 Å². The van der Waals surface area contributed by atoms with E-state index in [1.165, 1.54) is 61.2 Å². The molecule has 51 heavy (non-hydrogen) atoms. The maximum atomic E-state index is 5.27. The lowest BCUT2D eigenvalue weighted by atomic mass is 9.95. The molecule has 244 valence electrons. The van der Waals surface area contributed by atoms with Crippen molar-refractivity contribution in [3.63, 3.8) is 0 Å². The number of nitrogens with zero attached hydrogens (tertiary/aromatic N) is 2. The molecule has 0 fully saturated rings. The minimum atomic E-state index is 0.670. The average Bonchev–Trinajstić information content (AvgIpc) is 3.75. The fraction of sp³-hybridized carbons (Fsp3) is 0.102. The molecular weight excluding hydrogens is 617 g/mol. The second-order valence-electron chi connectivity index (χ2n) is 13.8. The molecule has 3 aliphatic carbocycles. The third-order valence-electron chi connectivity index (χ3n) is 10.5. The van der Waals surface area contributed by atoms with E-state index in [1.54, 1.807) is 0 Å². The van der Waals surface area contributed by atoms with Crippen LogP contribution >= 0.6 is 0 Å². The predicted octanol–water partition coefficient (Wildman–Crippen LogP) is 12.2. The summed E-state index contributed by atoms with van der Waals surface area (Å²) in [5, 5.41) is 0. The van der Waals surface area contributed by atoms with E-state index in [4.69, 9.17) is 9.98 Å². The van der Waals surface area contributed by atoms with Crippen LogP contribution in [0.4, 0.5) is 0 Å². The number of allylic oxidation sites excluding steroid dienone is 4. The Morgan fingerprint density at radius 2 is 1.12 bits per heavy atom. The second kappa shape index (κ2) is 13.0. The molecular formula is C49H38N2. The SMILES string of the molecule is C=C(N=C(N=C(C)c1ccc2c(c1)Cc1ccccc1-2)c1ccc2c(c1)Cc1ccccc1-2)c1cccc(-c2cccc(C3=CCCC=C3)c2)c1. The molecule has 0 amide bonds. The van der Waals surface area contributed by atoms with Crippen LogP contribution in [0, 0.1) is 0 Å². The van der Waals surface area contributed by atoms with Crippen molar-refractivity contribution in [2.24, 2.45) is 9.98 Å². The van der Waals surface area contributed by atoms with Crippen molar-refractivity contribution in [3.05, 3.63) is 203 Å². The molecule has 6 aromatic rings. The standard InChI is InChI=1S/C49H38N2/c1-32(35-16-10-18-38(26-35)39-19-11-17-37(28-39)34-12-4-3-5-13-34)50-49(42-23-25-48-44(31-42)30-41-15-7-9-21-46(41)48)51-33(2)36-22-24-47-43(27-36)29-40-14-6-8-20-45(40)47/h4,6-28,31H,1,3,5,29-30H2,2H3. The number of aliphatic imine (C=N–C) groups is 2. The van der Waals surface area contributed by atoms with E-state index in [1.807, 2.05) is 0 Å². The molecule has 6 aromatic carbocycles. The monoisotopic (exact) mass is 654 g/mol. The van der Waals surface area contributed by atoms with Crippen molar-refractivity contribution in [3.8, 4) is 33.4 Å². The number of fused-ring (bicyclic) bond motifs is 6. The first-order valence-corrected chi connectivity index (χ1v) is 17.9. The zero-order valence-corrected chi connectivity index (χ0v) is 28.9. The van der Waals surface area contributed by atoms with Gasteiger partial charge in [-0.25, -0.2) is 9.98 Å². The van der Waals surface area contributed by atoms with E-state index in [-0.39, 0.29) is 0 Å². The summed E-state index contributed by atoms with van der Waals surface area (Å²) in [6.45, 7) is 6.59. The predicted molar refractivity (Wildman–Crippen MR) is 215 cm³/mol. The Balaban J connectivity index is 1.08. The molecule has 0 heterocycles. The lowest BCUT2D eigenvalue weighted by Gasteiger charge is -2.12. The Hall–Kier alpha value is -6.12. The summed E-state index contributed by atoms with van der Waals surface area (Å²) in [4.78, 5) is 10.5. The molecule has 0 saturated heterocycles. The lowest BCUT2D eigenvalue weighted by molar-refractivity contribution is 1.04. The Morgan fingerprint density at radius 3 is 1.82 bits per heavy atom. The van der Waals surface area contributed by atoms with E-state index in [2.05, 4.69) is 165 Å². The quantitative estimate of drug-likeness (QED) is 0.126. The average molecular weight is 655 g/mol. The topological polar surface area (TPSA) is 24.7 Å². The first-order chi connectivity index (χ1) is 25.1. The summed E-state index contributed by atoms with van der Waals surface area (Å²) < 4.78 is 0. The van der Waals surface area contributed by atoms with Gasteiger partial charge in [0, 0.05) is 16.8 Å². The molecule has 9 rings (SSSR count). The molecule has 2 heteroatoms. The second-order valence-corrected chi connectivity index (χ2v) is 13.8. The van der Waals surface area contributed by atoms with Gasteiger partial charge >= 0.3 is 0 Å². The summed E-state index contributed by atoms with van der Waals surface area (Å²) in [6, 6.07) is 48.2. The highest BCUT2D eigenvalue weighted by Gasteiger charge is 2.21. The third-order valence-corrected chi connectivity index (χ3v) is 10.5. The molecule has 0 spiro atoms. The molecule has 2 nitrogen and oxygen atoms in total. The first-order valence-electron chi connectivity index (χ1n) is 17.9. The van der Waals surface area contributed by atoms with Crippen molar-refractivity contribution in [1.82, 2.24) is 0 Å². The number of benzene rings is 6. The number of hydrogen-bond acceptors (Lipinski definition) is 1. The fourth-order valence-corrected chi connectivity index (χ4v) is 7.81. The Kier molecular flexibility index (Phi) is 7.86. The van der Waals surface area contributed by atoms with E-state index >= 15 is 0 Å². The van der Waals surface area contributed by atoms with Gasteiger partial charge in [-0.1, -0.05) is 134 Å². The third kappa shape index (κ3) is 5.93. The molecule has 0 saturated carbocycles. The summed E-state index contributed by atoms with van der Waals surface area (Å²) in [7, 11) is 0. The van der Waals surface area contributed by atoms with Gasteiger partial charge in [0.05, 0.1) is 5.70 Å². The van der Waals surface area contributed by atoms with Gasteiger partial charge in [0.1, 0.15) is 0 Å². The summed E-state index contributed by atoms with van der Waals surface area (Å²) in [5.74, 6) is 0.670. The van der Waals surface area contributed by atoms with E-state index in [0.717, 1.165) is 53.6 Å². The van der Waals surface area contributed by atoms with Crippen LogP contribution in [0.1, 0.15) is 64.3 Å². The maximum absolute atomic E-state index is 5.27. The minimum absolute atomic E-state index is 0.670. The molecule has 0 N–H and O–H groups in total. The molecule has 0 aliphatic heterocycles. The van der Waals surface area contributed by atoms with Crippen LogP contribution in [-0.2, 0) is 12.8 Å². The normalized spacial score (nSPS) is 14.4. The minimum Gasteiger partial charge on any atom is -0.233 e. The van der Waals surface area contributed by atoms with Crippen LogP contribution in [0.25, 0.3) is 44.7 Å². The molecule has 0 bridgehead atoms. The van der Waals surface area contributed by atoms with E-state index < -0.39 is 0 Å². The van der Waals surface area contributed by atoms with Crippen molar-refractivity contribution in [2.45, 2.75) is 32.6 Å². The Morgan fingerprint density at radius 1 is 0.510 bits per heavy atom. The van der Waals surface area contributed by atoms with Gasteiger partial charge in [-0.2, -0.15) is 0 Å². The lowest BCUT2D eigenvalue weighted by Crippen LogP contribution is -2.05. The van der Waals surface area contributed by atoms with Gasteiger partial charge in [0.25, 0.3) is 0 Å². The van der Waals surface area contributed by atoms with Crippen LogP contribution < -0.4 is 0 Å². The van der Waals surface area contributed by atoms with Crippen molar-refractivity contribution in [1.29, 1.82) is 0 Å². The molecule has 3 aliphatic rings. The van der Waals surface area contributed by atoms with Crippen LogP contribution in [0.5, 0.6) is 0 Å². The number of hydrogen-bond donors (Lipinski definition) is 0. The summed E-state index contributed by atoms with van der Waals surface area (Å²) in [5.41, 5.74) is 20.2. The number of amidine groups is 1. The van der Waals surface area contributed by atoms with Crippen LogP contribution in [-0.4, -0.2) is 11.5 Å². The van der Waals surface area contributed by atoms with Crippen molar-refractivity contribution < 1.29 is 0 Å². The highest BCUT2D eigenvalue weighted by molar-refractivity contribution is 6.13. The van der Waals surface area contributed by atoms with Crippen LogP contribution in [0.2, 0.25) is 0 Å². The zero-order chi connectivity index (χ0) is 34.3. The fourth-order valence-electron chi connectivity index (χ4n) is 7.81. The summed E-state index contributed by atoms with van der Waals surface area (Å²) in [6.07, 6.45) is 10.9. The van der Waals surface area contributed by atoms with Crippen LogP contribution in [0.3, 0.4) is 0 Å². The Labute approximate surface area is 300 Å². The van der Waals surface area contributed by atoms with Gasteiger partial charge in [-0.3, -0.25) is 0 Å². The van der Waals surface area contributed by atoms with Crippen molar-refractivity contribution >= 4 is 22.8 Å². The first kappa shape index (κ1) is 30.9. The van der Waals surface area contributed by atoms with Crippen LogP contribution in [0.15, 0.2) is 168 Å². The summed E-state index contributed by atoms with van der Waals surface area (Å²) >= 11 is 0. The smallest absolute Gasteiger partial charge is 0.160 e. The van der Waals surface area contributed by atoms with E-state index in [0.29, 0.717) is 11.5 Å². The molecule has 0 aromatic heterocycles. The molecule has 0 radical (unpaired) electrons. The zero-order valence-electron chi connectivity index (χ0n) is 28.9. The number of rotatable bonds is 6. The van der Waals surface area contributed by atoms with Gasteiger partial charge in [-0.15, -0.1) is 0 Å². The molecule has 0 unspecified atom stereocenters. The highest BCUT2D eigenvalue weighted by atomic mass is 14.9. The van der Waals surface area contributed by atoms with Gasteiger partial charge in [-0.05, 0) is 129 Å². The van der Waals surface area contributed by atoms with Gasteiger partial charge in [0.15, 0.2) is 5.84 Å². The largest absolute Gasteiger partial charge is 0.233 e. The molecule has 0 atom stereocenters. The van der Waals surface area contributed by atoms with Gasteiger partial charge < -0.3 is 0 Å². The van der Waals surface area contributed by atoms with E-state index in [9.17, 15) is 0 Å². The Bertz CT molecular complexity index is 2500. The highest BCUT2D eigenvalue weighted by Crippen LogP contribution is 2.38.